The smallest absolute Gasteiger partial charge is 0.0888 e. The van der Waals surface area contributed by atoms with Gasteiger partial charge >= 0.3 is 0 Å². The Hall–Kier alpha value is -0.340. The summed E-state index contributed by atoms with van der Waals surface area (Å²) in [6.07, 6.45) is 2.76. The lowest BCUT2D eigenvalue weighted by Crippen LogP contribution is -2.34. The van der Waals surface area contributed by atoms with Gasteiger partial charge in [0.15, 0.2) is 0 Å². The molecule has 0 spiro atoms. The number of allylic oxidation sites excluding steroid dienone is 2. The van der Waals surface area contributed by atoms with Crippen LogP contribution in [0.3, 0.4) is 0 Å². The highest BCUT2D eigenvalue weighted by Crippen LogP contribution is 2.31. The van der Waals surface area contributed by atoms with Crippen LogP contribution >= 0.6 is 0 Å². The summed E-state index contributed by atoms with van der Waals surface area (Å²) in [6.45, 7) is 8.72. The summed E-state index contributed by atoms with van der Waals surface area (Å²) < 4.78 is 5.52. The molecule has 76 valence electrons. The summed E-state index contributed by atoms with van der Waals surface area (Å²) in [5.74, 6) is 0.268. The molecule has 0 aliphatic carbocycles. The first kappa shape index (κ1) is 10.7. The summed E-state index contributed by atoms with van der Waals surface area (Å²) in [4.78, 5) is 0. The number of rotatable bonds is 2. The van der Waals surface area contributed by atoms with Crippen molar-refractivity contribution in [1.82, 2.24) is 0 Å². The van der Waals surface area contributed by atoms with Gasteiger partial charge in [0, 0.05) is 5.92 Å². The maximum atomic E-state index is 9.88. The van der Waals surface area contributed by atoms with Gasteiger partial charge in [-0.05, 0) is 34.1 Å². The van der Waals surface area contributed by atoms with Crippen molar-refractivity contribution in [2.75, 3.05) is 6.61 Å². The Balaban J connectivity index is 2.51. The molecule has 1 aliphatic rings. The molecule has 2 atom stereocenters. The second-order valence-corrected chi connectivity index (χ2v) is 4.64. The minimum atomic E-state index is -0.361. The van der Waals surface area contributed by atoms with E-state index in [1.807, 2.05) is 13.8 Å². The largest absolute Gasteiger partial charge is 0.390 e. The fraction of sp³-hybridized carbons (Fsp3) is 0.818. The van der Waals surface area contributed by atoms with Crippen LogP contribution in [0, 0.1) is 5.92 Å². The lowest BCUT2D eigenvalue weighted by Gasteiger charge is -2.23. The van der Waals surface area contributed by atoms with E-state index in [4.69, 9.17) is 4.74 Å². The molecule has 2 heteroatoms. The van der Waals surface area contributed by atoms with E-state index in [9.17, 15) is 5.11 Å². The van der Waals surface area contributed by atoms with Gasteiger partial charge in [-0.25, -0.2) is 0 Å². The molecule has 1 aliphatic heterocycles. The lowest BCUT2D eigenvalue weighted by atomic mass is 9.91. The summed E-state index contributed by atoms with van der Waals surface area (Å²) in [6, 6.07) is 0. The predicted octanol–water partition coefficient (Wildman–Crippen LogP) is 2.13. The van der Waals surface area contributed by atoms with E-state index in [1.165, 1.54) is 5.57 Å². The van der Waals surface area contributed by atoms with Gasteiger partial charge in [-0.1, -0.05) is 11.6 Å². The summed E-state index contributed by atoms with van der Waals surface area (Å²) in [5, 5.41) is 9.88. The molecule has 0 aromatic rings. The molecule has 0 saturated carbocycles. The highest BCUT2D eigenvalue weighted by molar-refractivity contribution is 4.99. The first-order valence-electron chi connectivity index (χ1n) is 4.89. The molecule has 2 unspecified atom stereocenters. The van der Waals surface area contributed by atoms with E-state index in [0.717, 1.165) is 6.42 Å². The van der Waals surface area contributed by atoms with E-state index in [-0.39, 0.29) is 17.6 Å². The molecule has 0 amide bonds. The van der Waals surface area contributed by atoms with E-state index < -0.39 is 0 Å². The Bertz CT molecular complexity index is 202. The molecule has 1 heterocycles. The average Bonchev–Trinajstić information content (AvgIpc) is 2.25. The van der Waals surface area contributed by atoms with E-state index in [1.54, 1.807) is 0 Å². The van der Waals surface area contributed by atoms with Gasteiger partial charge in [0.05, 0.1) is 18.3 Å². The monoisotopic (exact) mass is 184 g/mol. The lowest BCUT2D eigenvalue weighted by molar-refractivity contribution is -0.0311. The van der Waals surface area contributed by atoms with Crippen molar-refractivity contribution in [1.29, 1.82) is 0 Å². The number of hydrogen-bond acceptors (Lipinski definition) is 2. The Labute approximate surface area is 80.6 Å². The fourth-order valence-corrected chi connectivity index (χ4v) is 1.65. The van der Waals surface area contributed by atoms with Crippen molar-refractivity contribution < 1.29 is 9.84 Å². The number of hydrogen-bond donors (Lipinski definition) is 1. The van der Waals surface area contributed by atoms with Crippen LogP contribution in [0.2, 0.25) is 0 Å². The molecule has 1 N–H and O–H groups in total. The van der Waals surface area contributed by atoms with Gasteiger partial charge in [-0.15, -0.1) is 0 Å². The zero-order valence-corrected chi connectivity index (χ0v) is 9.00. The summed E-state index contributed by atoms with van der Waals surface area (Å²) in [7, 11) is 0. The Kier molecular flexibility index (Phi) is 3.14. The third kappa shape index (κ3) is 2.55. The van der Waals surface area contributed by atoms with Gasteiger partial charge in [0.2, 0.25) is 0 Å². The van der Waals surface area contributed by atoms with Gasteiger partial charge in [0.1, 0.15) is 0 Å². The SMILES string of the molecule is CC(C)=CCC1COC(C)(C)C1O. The van der Waals surface area contributed by atoms with Crippen LogP contribution in [0.1, 0.15) is 34.1 Å². The molecular formula is C11H20O2. The zero-order valence-electron chi connectivity index (χ0n) is 9.00. The summed E-state index contributed by atoms with van der Waals surface area (Å²) in [5.41, 5.74) is 0.942. The van der Waals surface area contributed by atoms with Crippen molar-refractivity contribution in [3.05, 3.63) is 11.6 Å². The van der Waals surface area contributed by atoms with Crippen molar-refractivity contribution in [3.63, 3.8) is 0 Å². The number of aliphatic hydroxyl groups is 1. The van der Waals surface area contributed by atoms with E-state index >= 15 is 0 Å². The molecular weight excluding hydrogens is 164 g/mol. The van der Waals surface area contributed by atoms with Crippen LogP contribution in [0.5, 0.6) is 0 Å². The first-order valence-corrected chi connectivity index (χ1v) is 4.89. The molecule has 2 nitrogen and oxygen atoms in total. The Morgan fingerprint density at radius 3 is 2.54 bits per heavy atom. The second-order valence-electron chi connectivity index (χ2n) is 4.64. The maximum absolute atomic E-state index is 9.88. The molecule has 0 radical (unpaired) electrons. The maximum Gasteiger partial charge on any atom is 0.0888 e. The normalized spacial score (nSPS) is 31.8. The first-order chi connectivity index (χ1) is 5.93. The van der Waals surface area contributed by atoms with Gasteiger partial charge < -0.3 is 9.84 Å². The number of ether oxygens (including phenoxy) is 1. The van der Waals surface area contributed by atoms with Gasteiger partial charge in [0.25, 0.3) is 0 Å². The minimum absolute atomic E-state index is 0.268. The molecule has 0 bridgehead atoms. The number of aliphatic hydroxyl groups excluding tert-OH is 1. The van der Waals surface area contributed by atoms with Crippen molar-refractivity contribution in [2.24, 2.45) is 5.92 Å². The van der Waals surface area contributed by atoms with Gasteiger partial charge in [-0.2, -0.15) is 0 Å². The molecule has 0 aromatic carbocycles. The van der Waals surface area contributed by atoms with Gasteiger partial charge in [-0.3, -0.25) is 0 Å². The minimum Gasteiger partial charge on any atom is -0.390 e. The third-order valence-corrected chi connectivity index (χ3v) is 2.66. The molecule has 1 rings (SSSR count). The molecule has 0 aromatic heterocycles. The van der Waals surface area contributed by atoms with E-state index in [0.29, 0.717) is 6.61 Å². The van der Waals surface area contributed by atoms with Crippen molar-refractivity contribution >= 4 is 0 Å². The van der Waals surface area contributed by atoms with Crippen LogP contribution in [0.15, 0.2) is 11.6 Å². The Morgan fingerprint density at radius 2 is 2.15 bits per heavy atom. The molecule has 1 fully saturated rings. The van der Waals surface area contributed by atoms with Crippen molar-refractivity contribution in [2.45, 2.75) is 45.8 Å². The van der Waals surface area contributed by atoms with E-state index in [2.05, 4.69) is 19.9 Å². The van der Waals surface area contributed by atoms with Crippen LogP contribution in [-0.2, 0) is 4.74 Å². The highest BCUT2D eigenvalue weighted by Gasteiger charge is 2.41. The van der Waals surface area contributed by atoms with Crippen LogP contribution in [0.25, 0.3) is 0 Å². The molecule has 1 saturated heterocycles. The molecule has 13 heavy (non-hydrogen) atoms. The standard InChI is InChI=1S/C11H20O2/c1-8(2)5-6-9-7-13-11(3,4)10(9)12/h5,9-10,12H,6-7H2,1-4H3. The Morgan fingerprint density at radius 1 is 1.54 bits per heavy atom. The van der Waals surface area contributed by atoms with Crippen LogP contribution < -0.4 is 0 Å². The third-order valence-electron chi connectivity index (χ3n) is 2.66. The topological polar surface area (TPSA) is 29.5 Å². The zero-order chi connectivity index (χ0) is 10.1. The predicted molar refractivity (Wildman–Crippen MR) is 53.6 cm³/mol. The van der Waals surface area contributed by atoms with Crippen LogP contribution in [-0.4, -0.2) is 23.4 Å². The quantitative estimate of drug-likeness (QED) is 0.666. The van der Waals surface area contributed by atoms with Crippen LogP contribution in [0.4, 0.5) is 0 Å². The fourth-order valence-electron chi connectivity index (χ4n) is 1.65. The highest BCUT2D eigenvalue weighted by atomic mass is 16.5. The average molecular weight is 184 g/mol. The van der Waals surface area contributed by atoms with Crippen molar-refractivity contribution in [3.8, 4) is 0 Å². The second kappa shape index (κ2) is 3.81. The summed E-state index contributed by atoms with van der Waals surface area (Å²) >= 11 is 0.